The Labute approximate surface area is 198 Å². The Morgan fingerprint density at radius 3 is 2.15 bits per heavy atom. The molecule has 0 fully saturated rings. The number of carbonyl (C=O) groups is 2. The summed E-state index contributed by atoms with van der Waals surface area (Å²) < 4.78 is 0. The van der Waals surface area contributed by atoms with Gasteiger partial charge < -0.3 is 4.90 Å². The van der Waals surface area contributed by atoms with E-state index in [2.05, 4.69) is 17.4 Å². The van der Waals surface area contributed by atoms with Gasteiger partial charge in [-0.3, -0.25) is 20.1 Å². The molecule has 33 heavy (non-hydrogen) atoms. The number of thiocarbonyl (C=S) groups is 1. The van der Waals surface area contributed by atoms with E-state index < -0.39 is 5.91 Å². The van der Waals surface area contributed by atoms with Crippen molar-refractivity contribution in [3.63, 3.8) is 0 Å². The summed E-state index contributed by atoms with van der Waals surface area (Å²) in [6.07, 6.45) is 3.63. The van der Waals surface area contributed by atoms with Crippen LogP contribution in [0.15, 0.2) is 91.0 Å². The third-order valence-corrected chi connectivity index (χ3v) is 5.31. The Bertz CT molecular complexity index is 1100. The average Bonchev–Trinajstić information content (AvgIpc) is 2.86. The van der Waals surface area contributed by atoms with Crippen LogP contribution < -0.4 is 10.8 Å². The van der Waals surface area contributed by atoms with E-state index in [0.29, 0.717) is 23.8 Å². The van der Waals surface area contributed by atoms with Crippen molar-refractivity contribution in [2.75, 3.05) is 6.54 Å². The summed E-state index contributed by atoms with van der Waals surface area (Å²) in [5.41, 5.74) is 5.11. The number of benzene rings is 3. The lowest BCUT2D eigenvalue weighted by atomic mass is 10.1. The van der Waals surface area contributed by atoms with Crippen molar-refractivity contribution in [1.29, 1.82) is 0 Å². The average molecular weight is 460 g/mol. The number of carbonyl (C=O) groups excluding carboxylic acids is 2. The number of hydroxylamine groups is 1. The van der Waals surface area contributed by atoms with Gasteiger partial charge in [-0.25, -0.2) is 5.48 Å². The minimum atomic E-state index is -0.592. The standard InChI is InChI=1S/C26H25N3O3S/c30-24(28-32)16-15-21-11-13-22(14-12-21)19-29(18-17-20-7-3-1-4-8-20)26(33)27-25(31)23-9-5-2-6-10-23/h1-16,32H,17-19H2,(H,28,30)(H,27,31,33). The first-order valence-electron chi connectivity index (χ1n) is 10.5. The maximum atomic E-state index is 12.6. The van der Waals surface area contributed by atoms with Crippen molar-refractivity contribution in [3.8, 4) is 0 Å². The monoisotopic (exact) mass is 459 g/mol. The molecule has 7 heteroatoms. The molecule has 3 aromatic carbocycles. The second kappa shape index (κ2) is 12.3. The summed E-state index contributed by atoms with van der Waals surface area (Å²) in [5.74, 6) is -0.835. The molecule has 0 atom stereocenters. The molecule has 0 aliphatic rings. The molecule has 0 spiro atoms. The molecular weight excluding hydrogens is 434 g/mol. The van der Waals surface area contributed by atoms with Crippen molar-refractivity contribution in [1.82, 2.24) is 15.7 Å². The second-order valence-corrected chi connectivity index (χ2v) is 7.72. The van der Waals surface area contributed by atoms with Gasteiger partial charge in [0.1, 0.15) is 0 Å². The molecule has 0 saturated carbocycles. The van der Waals surface area contributed by atoms with E-state index in [9.17, 15) is 9.59 Å². The van der Waals surface area contributed by atoms with Crippen LogP contribution in [-0.4, -0.2) is 33.6 Å². The fourth-order valence-corrected chi connectivity index (χ4v) is 3.41. The first-order valence-corrected chi connectivity index (χ1v) is 10.9. The molecule has 3 rings (SSSR count). The molecule has 0 radical (unpaired) electrons. The van der Waals surface area contributed by atoms with E-state index in [4.69, 9.17) is 17.4 Å². The minimum Gasteiger partial charge on any atom is -0.344 e. The van der Waals surface area contributed by atoms with Crippen molar-refractivity contribution in [3.05, 3.63) is 113 Å². The fraction of sp³-hybridized carbons (Fsp3) is 0.115. The van der Waals surface area contributed by atoms with Gasteiger partial charge in [0.25, 0.3) is 11.8 Å². The maximum absolute atomic E-state index is 12.6. The summed E-state index contributed by atoms with van der Waals surface area (Å²) in [6.45, 7) is 1.15. The van der Waals surface area contributed by atoms with Gasteiger partial charge in [-0.1, -0.05) is 72.8 Å². The summed E-state index contributed by atoms with van der Waals surface area (Å²) in [4.78, 5) is 25.7. The lowest BCUT2D eigenvalue weighted by molar-refractivity contribution is -0.124. The molecule has 0 unspecified atom stereocenters. The number of nitrogens with zero attached hydrogens (tertiary/aromatic N) is 1. The van der Waals surface area contributed by atoms with E-state index in [1.807, 2.05) is 65.6 Å². The van der Waals surface area contributed by atoms with Crippen LogP contribution in [-0.2, 0) is 17.8 Å². The highest BCUT2D eigenvalue weighted by Gasteiger charge is 2.14. The summed E-state index contributed by atoms with van der Waals surface area (Å²) >= 11 is 5.59. The minimum absolute atomic E-state index is 0.243. The molecule has 6 nitrogen and oxygen atoms in total. The summed E-state index contributed by atoms with van der Waals surface area (Å²) in [7, 11) is 0. The summed E-state index contributed by atoms with van der Waals surface area (Å²) in [6, 6.07) is 26.7. The van der Waals surface area contributed by atoms with Crippen molar-refractivity contribution in [2.45, 2.75) is 13.0 Å². The van der Waals surface area contributed by atoms with Crippen molar-refractivity contribution >= 4 is 35.2 Å². The Kier molecular flexibility index (Phi) is 8.88. The second-order valence-electron chi connectivity index (χ2n) is 7.33. The fourth-order valence-electron chi connectivity index (χ4n) is 3.16. The van der Waals surface area contributed by atoms with Crippen LogP contribution in [0.5, 0.6) is 0 Å². The molecule has 0 heterocycles. The first kappa shape index (κ1) is 23.8. The smallest absolute Gasteiger partial charge is 0.267 e. The van der Waals surface area contributed by atoms with E-state index in [0.717, 1.165) is 17.5 Å². The topological polar surface area (TPSA) is 81.7 Å². The van der Waals surface area contributed by atoms with Crippen LogP contribution in [0.1, 0.15) is 27.0 Å². The third kappa shape index (κ3) is 7.68. The number of nitrogens with one attached hydrogen (secondary N) is 2. The number of hydrogen-bond donors (Lipinski definition) is 3. The molecular formula is C26H25N3O3S. The summed E-state index contributed by atoms with van der Waals surface area (Å²) in [5, 5.41) is 11.8. The van der Waals surface area contributed by atoms with Gasteiger partial charge in [0.05, 0.1) is 0 Å². The van der Waals surface area contributed by atoms with Crippen molar-refractivity contribution < 1.29 is 14.8 Å². The Hall–Kier alpha value is -3.81. The van der Waals surface area contributed by atoms with E-state index >= 15 is 0 Å². The van der Waals surface area contributed by atoms with Gasteiger partial charge >= 0.3 is 0 Å². The van der Waals surface area contributed by atoms with Gasteiger partial charge in [-0.2, -0.15) is 0 Å². The highest BCUT2D eigenvalue weighted by molar-refractivity contribution is 7.80. The predicted molar refractivity (Wildman–Crippen MR) is 132 cm³/mol. The zero-order valence-electron chi connectivity index (χ0n) is 18.0. The predicted octanol–water partition coefficient (Wildman–Crippen LogP) is 3.96. The first-order chi connectivity index (χ1) is 16.0. The van der Waals surface area contributed by atoms with E-state index in [1.54, 1.807) is 23.7 Å². The molecule has 2 amide bonds. The van der Waals surface area contributed by atoms with Crippen LogP contribution in [0.3, 0.4) is 0 Å². The Morgan fingerprint density at radius 1 is 0.879 bits per heavy atom. The highest BCUT2D eigenvalue weighted by Crippen LogP contribution is 2.11. The van der Waals surface area contributed by atoms with Crippen LogP contribution in [0, 0.1) is 0 Å². The Morgan fingerprint density at radius 2 is 1.52 bits per heavy atom. The lowest BCUT2D eigenvalue weighted by Gasteiger charge is -2.26. The van der Waals surface area contributed by atoms with E-state index in [1.165, 1.54) is 11.6 Å². The number of amides is 2. The highest BCUT2D eigenvalue weighted by atomic mass is 32.1. The molecule has 0 aliphatic carbocycles. The Balaban J connectivity index is 1.70. The molecule has 168 valence electrons. The quantitative estimate of drug-likeness (QED) is 0.206. The van der Waals surface area contributed by atoms with Gasteiger partial charge in [0.15, 0.2) is 5.11 Å². The normalized spacial score (nSPS) is 10.6. The van der Waals surface area contributed by atoms with Crippen LogP contribution in [0.2, 0.25) is 0 Å². The lowest BCUT2D eigenvalue weighted by Crippen LogP contribution is -2.43. The largest absolute Gasteiger partial charge is 0.344 e. The van der Waals surface area contributed by atoms with Gasteiger partial charge in [-0.15, -0.1) is 0 Å². The number of rotatable bonds is 8. The van der Waals surface area contributed by atoms with Crippen LogP contribution in [0.25, 0.3) is 6.08 Å². The molecule has 3 aromatic rings. The molecule has 0 bridgehead atoms. The zero-order valence-corrected chi connectivity index (χ0v) is 18.8. The molecule has 0 aromatic heterocycles. The van der Waals surface area contributed by atoms with Gasteiger partial charge in [0, 0.05) is 24.7 Å². The molecule has 0 aliphatic heterocycles. The van der Waals surface area contributed by atoms with Crippen molar-refractivity contribution in [2.24, 2.45) is 0 Å². The zero-order chi connectivity index (χ0) is 23.5. The SMILES string of the molecule is O=C(C=Cc1ccc(CN(CCc2ccccc2)C(=S)NC(=O)c2ccccc2)cc1)NO. The van der Waals surface area contributed by atoms with Gasteiger partial charge in [-0.05, 0) is 53.5 Å². The molecule has 3 N–H and O–H groups in total. The third-order valence-electron chi connectivity index (χ3n) is 4.95. The molecule has 0 saturated heterocycles. The number of hydrogen-bond acceptors (Lipinski definition) is 4. The van der Waals surface area contributed by atoms with Gasteiger partial charge in [0.2, 0.25) is 0 Å². The van der Waals surface area contributed by atoms with Crippen LogP contribution in [0.4, 0.5) is 0 Å². The maximum Gasteiger partial charge on any atom is 0.267 e. The van der Waals surface area contributed by atoms with E-state index in [-0.39, 0.29) is 5.91 Å². The van der Waals surface area contributed by atoms with Crippen LogP contribution >= 0.6 is 12.2 Å².